The van der Waals surface area contributed by atoms with Crippen LogP contribution in [0, 0.1) is 12.8 Å². The summed E-state index contributed by atoms with van der Waals surface area (Å²) in [6, 6.07) is 14.3. The maximum Gasteiger partial charge on any atom is 0.323 e. The number of carbonyl (C=O) groups excluding carboxylic acids is 2. The van der Waals surface area contributed by atoms with Crippen molar-refractivity contribution >= 4 is 29.0 Å². The average molecular weight is 325 g/mol. The minimum Gasteiger partial charge on any atom is -0.326 e. The molecule has 126 valence electrons. The third-order valence-electron chi connectivity index (χ3n) is 3.33. The Bertz CT molecular complexity index is 692. The van der Waals surface area contributed by atoms with Crippen molar-refractivity contribution in [2.45, 2.75) is 27.2 Å². The molecule has 2 aromatic carbocycles. The van der Waals surface area contributed by atoms with E-state index in [4.69, 9.17) is 0 Å². The molecule has 0 radical (unpaired) electrons. The summed E-state index contributed by atoms with van der Waals surface area (Å²) in [4.78, 5) is 23.7. The van der Waals surface area contributed by atoms with Crippen molar-refractivity contribution in [2.75, 3.05) is 16.0 Å². The number of nitrogens with one attached hydrogen (secondary N) is 3. The Morgan fingerprint density at radius 3 is 1.67 bits per heavy atom. The molecule has 0 aliphatic carbocycles. The summed E-state index contributed by atoms with van der Waals surface area (Å²) in [6.45, 7) is 5.99. The lowest BCUT2D eigenvalue weighted by Gasteiger charge is -2.10. The van der Waals surface area contributed by atoms with Crippen LogP contribution in [-0.4, -0.2) is 11.9 Å². The van der Waals surface area contributed by atoms with Crippen molar-refractivity contribution in [2.24, 2.45) is 5.92 Å². The van der Waals surface area contributed by atoms with E-state index >= 15 is 0 Å². The Morgan fingerprint density at radius 2 is 1.21 bits per heavy atom. The first-order valence-electron chi connectivity index (χ1n) is 7.97. The molecule has 0 bridgehead atoms. The van der Waals surface area contributed by atoms with E-state index in [0.717, 1.165) is 11.3 Å². The second kappa shape index (κ2) is 8.15. The van der Waals surface area contributed by atoms with Crippen LogP contribution >= 0.6 is 0 Å². The minimum absolute atomic E-state index is 0.0113. The number of hydrogen-bond acceptors (Lipinski definition) is 2. The lowest BCUT2D eigenvalue weighted by Crippen LogP contribution is -2.19. The van der Waals surface area contributed by atoms with Gasteiger partial charge in [0, 0.05) is 23.5 Å². The smallest absolute Gasteiger partial charge is 0.323 e. The van der Waals surface area contributed by atoms with Crippen molar-refractivity contribution in [3.63, 3.8) is 0 Å². The Morgan fingerprint density at radius 1 is 0.792 bits per heavy atom. The van der Waals surface area contributed by atoms with Gasteiger partial charge in [0.1, 0.15) is 0 Å². The molecule has 5 heteroatoms. The maximum absolute atomic E-state index is 12.0. The molecule has 3 amide bonds. The molecule has 0 aliphatic rings. The first-order valence-corrected chi connectivity index (χ1v) is 7.97. The summed E-state index contributed by atoms with van der Waals surface area (Å²) in [7, 11) is 0. The van der Waals surface area contributed by atoms with Crippen LogP contribution in [0.1, 0.15) is 25.8 Å². The van der Waals surface area contributed by atoms with Gasteiger partial charge in [-0.15, -0.1) is 0 Å². The van der Waals surface area contributed by atoms with Gasteiger partial charge < -0.3 is 16.0 Å². The van der Waals surface area contributed by atoms with Crippen LogP contribution in [0.4, 0.5) is 21.9 Å². The minimum atomic E-state index is -0.310. The van der Waals surface area contributed by atoms with Crippen LogP contribution in [0.5, 0.6) is 0 Å². The largest absolute Gasteiger partial charge is 0.326 e. The van der Waals surface area contributed by atoms with Crippen molar-refractivity contribution < 1.29 is 9.59 Å². The maximum atomic E-state index is 12.0. The lowest BCUT2D eigenvalue weighted by atomic mass is 10.1. The number of benzene rings is 2. The standard InChI is InChI=1S/C19H23N3O2/c1-13(2)12-18(23)20-15-8-10-17(11-9-15)22-19(24)21-16-6-4-14(3)5-7-16/h4-11,13H,12H2,1-3H3,(H,20,23)(H2,21,22,24). The Labute approximate surface area is 142 Å². The Balaban J connectivity index is 1.87. The molecule has 0 saturated heterocycles. The number of aryl methyl sites for hydroxylation is 1. The normalized spacial score (nSPS) is 10.3. The molecule has 3 N–H and O–H groups in total. The topological polar surface area (TPSA) is 70.2 Å². The van der Waals surface area contributed by atoms with Gasteiger partial charge in [-0.05, 0) is 49.2 Å². The van der Waals surface area contributed by atoms with E-state index in [2.05, 4.69) is 16.0 Å². The summed E-state index contributed by atoms with van der Waals surface area (Å²) >= 11 is 0. The third-order valence-corrected chi connectivity index (χ3v) is 3.33. The molecule has 0 aromatic heterocycles. The average Bonchev–Trinajstić information content (AvgIpc) is 2.51. The fourth-order valence-corrected chi connectivity index (χ4v) is 2.15. The zero-order chi connectivity index (χ0) is 17.5. The molecule has 2 rings (SSSR count). The predicted molar refractivity (Wildman–Crippen MR) is 98.3 cm³/mol. The molecule has 24 heavy (non-hydrogen) atoms. The first kappa shape index (κ1) is 17.5. The predicted octanol–water partition coefficient (Wildman–Crippen LogP) is 4.62. The van der Waals surface area contributed by atoms with E-state index in [9.17, 15) is 9.59 Å². The van der Waals surface area contributed by atoms with E-state index < -0.39 is 0 Å². The molecule has 0 saturated carbocycles. The van der Waals surface area contributed by atoms with Crippen LogP contribution in [0.2, 0.25) is 0 Å². The SMILES string of the molecule is Cc1ccc(NC(=O)Nc2ccc(NC(=O)CC(C)C)cc2)cc1. The Kier molecular flexibility index (Phi) is 5.95. The van der Waals surface area contributed by atoms with Crippen molar-refractivity contribution in [1.82, 2.24) is 0 Å². The summed E-state index contributed by atoms with van der Waals surface area (Å²) in [5, 5.41) is 8.35. The molecule has 0 heterocycles. The highest BCUT2D eigenvalue weighted by Crippen LogP contribution is 2.15. The number of urea groups is 1. The number of rotatable bonds is 5. The van der Waals surface area contributed by atoms with Gasteiger partial charge in [0.25, 0.3) is 0 Å². The van der Waals surface area contributed by atoms with E-state index in [0.29, 0.717) is 23.7 Å². The molecule has 0 fully saturated rings. The zero-order valence-electron chi connectivity index (χ0n) is 14.2. The summed E-state index contributed by atoms with van der Waals surface area (Å²) in [6.07, 6.45) is 0.485. The first-order chi connectivity index (χ1) is 11.4. The number of amides is 3. The number of hydrogen-bond donors (Lipinski definition) is 3. The van der Waals surface area contributed by atoms with E-state index in [1.165, 1.54) is 0 Å². The Hall–Kier alpha value is -2.82. The van der Waals surface area contributed by atoms with Gasteiger partial charge in [0.2, 0.25) is 5.91 Å². The van der Waals surface area contributed by atoms with Crippen LogP contribution in [-0.2, 0) is 4.79 Å². The second-order valence-electron chi connectivity index (χ2n) is 6.17. The fourth-order valence-electron chi connectivity index (χ4n) is 2.15. The highest BCUT2D eigenvalue weighted by Gasteiger charge is 2.06. The molecule has 0 aliphatic heterocycles. The summed E-state index contributed by atoms with van der Waals surface area (Å²) < 4.78 is 0. The second-order valence-corrected chi connectivity index (χ2v) is 6.17. The highest BCUT2D eigenvalue weighted by molar-refractivity contribution is 6.00. The number of carbonyl (C=O) groups is 2. The lowest BCUT2D eigenvalue weighted by molar-refractivity contribution is -0.116. The van der Waals surface area contributed by atoms with Crippen LogP contribution in [0.25, 0.3) is 0 Å². The summed E-state index contributed by atoms with van der Waals surface area (Å²) in [5.74, 6) is 0.305. The number of anilines is 3. The van der Waals surface area contributed by atoms with Crippen molar-refractivity contribution in [1.29, 1.82) is 0 Å². The molecular weight excluding hydrogens is 302 g/mol. The molecule has 5 nitrogen and oxygen atoms in total. The van der Waals surface area contributed by atoms with Crippen LogP contribution < -0.4 is 16.0 Å². The van der Waals surface area contributed by atoms with Gasteiger partial charge >= 0.3 is 6.03 Å². The molecule has 0 atom stereocenters. The van der Waals surface area contributed by atoms with Crippen molar-refractivity contribution in [3.8, 4) is 0 Å². The monoisotopic (exact) mass is 325 g/mol. The third kappa shape index (κ3) is 5.76. The van der Waals surface area contributed by atoms with Gasteiger partial charge in [0.15, 0.2) is 0 Å². The van der Waals surface area contributed by atoms with Gasteiger partial charge in [-0.3, -0.25) is 4.79 Å². The van der Waals surface area contributed by atoms with Crippen LogP contribution in [0.15, 0.2) is 48.5 Å². The van der Waals surface area contributed by atoms with Gasteiger partial charge in [-0.1, -0.05) is 31.5 Å². The summed E-state index contributed by atoms with van der Waals surface area (Å²) in [5.41, 5.74) is 3.23. The highest BCUT2D eigenvalue weighted by atomic mass is 16.2. The van der Waals surface area contributed by atoms with E-state index in [1.807, 2.05) is 45.0 Å². The van der Waals surface area contributed by atoms with Gasteiger partial charge in [-0.2, -0.15) is 0 Å². The molecule has 0 unspecified atom stereocenters. The molecule has 2 aromatic rings. The van der Waals surface area contributed by atoms with Crippen LogP contribution in [0.3, 0.4) is 0 Å². The fraction of sp³-hybridized carbons (Fsp3) is 0.263. The van der Waals surface area contributed by atoms with Gasteiger partial charge in [-0.25, -0.2) is 4.79 Å². The van der Waals surface area contributed by atoms with E-state index in [1.54, 1.807) is 24.3 Å². The molecular formula is C19H23N3O2. The van der Waals surface area contributed by atoms with Crippen molar-refractivity contribution in [3.05, 3.63) is 54.1 Å². The van der Waals surface area contributed by atoms with Gasteiger partial charge in [0.05, 0.1) is 0 Å². The zero-order valence-corrected chi connectivity index (χ0v) is 14.2. The van der Waals surface area contributed by atoms with E-state index in [-0.39, 0.29) is 11.9 Å². The quantitative estimate of drug-likeness (QED) is 0.750. The molecule has 0 spiro atoms.